The van der Waals surface area contributed by atoms with Crippen molar-refractivity contribution < 1.29 is 27.5 Å². The van der Waals surface area contributed by atoms with Crippen LogP contribution in [0.4, 0.5) is 19.0 Å². The highest BCUT2D eigenvalue weighted by Gasteiger charge is 2.54. The summed E-state index contributed by atoms with van der Waals surface area (Å²) in [6.45, 7) is 8.38. The number of carbonyl (C=O) groups is 2. The third-order valence-corrected chi connectivity index (χ3v) is 11.0. The van der Waals surface area contributed by atoms with Crippen LogP contribution in [0, 0.1) is 35.3 Å². The molecule has 0 N–H and O–H groups in total. The van der Waals surface area contributed by atoms with Crippen LogP contribution in [0.1, 0.15) is 38.7 Å². The van der Waals surface area contributed by atoms with Crippen molar-refractivity contribution in [1.82, 2.24) is 24.8 Å². The van der Waals surface area contributed by atoms with Gasteiger partial charge < -0.3 is 19.4 Å². The Morgan fingerprint density at radius 2 is 2.04 bits per heavy atom. The van der Waals surface area contributed by atoms with Crippen molar-refractivity contribution >= 4 is 39.3 Å². The van der Waals surface area contributed by atoms with Gasteiger partial charge in [0.25, 0.3) is 0 Å². The van der Waals surface area contributed by atoms with Gasteiger partial charge in [0.2, 0.25) is 11.8 Å². The van der Waals surface area contributed by atoms with E-state index in [4.69, 9.17) is 16.1 Å². The number of benzene rings is 2. The maximum atomic E-state index is 16.9. The van der Waals surface area contributed by atoms with Crippen LogP contribution >= 0.6 is 0 Å². The molecule has 4 heterocycles. The summed E-state index contributed by atoms with van der Waals surface area (Å²) in [5, 5.41) is 1.26. The number of ether oxygens (including phenoxy) is 1. The zero-order chi connectivity index (χ0) is 35.5. The number of terminal acetylenes is 1. The smallest absolute Gasteiger partial charge is 0.319 e. The number of pyridine rings is 1. The van der Waals surface area contributed by atoms with Crippen LogP contribution in [0.15, 0.2) is 49.2 Å². The van der Waals surface area contributed by atoms with Crippen LogP contribution in [-0.2, 0) is 9.59 Å². The number of alkyl halides is 1. The highest BCUT2D eigenvalue weighted by atomic mass is 19.1. The molecule has 0 spiro atoms. The first-order valence-electron chi connectivity index (χ1n) is 16.7. The summed E-state index contributed by atoms with van der Waals surface area (Å²) >= 11 is 0. The number of fused-ring (bicyclic) bond motifs is 3. The molecule has 7 rings (SSSR count). The lowest BCUT2D eigenvalue weighted by Gasteiger charge is -2.32. The van der Waals surface area contributed by atoms with Crippen LogP contribution in [0.3, 0.4) is 0 Å². The molecule has 50 heavy (non-hydrogen) atoms. The summed E-state index contributed by atoms with van der Waals surface area (Å²) in [6, 6.07) is 7.42. The van der Waals surface area contributed by atoms with E-state index in [-0.39, 0.29) is 65.6 Å². The molecule has 3 fully saturated rings. The lowest BCUT2D eigenvalue weighted by molar-refractivity contribution is -0.128. The van der Waals surface area contributed by atoms with E-state index in [9.17, 15) is 18.4 Å². The SMILES string of the molecule is C#Cc1c(F)ccc2cccc(-c3ncc4c(N(C)[C@@H]5CCN(C(=O)C=C)[C@@H]5C)nc(OC[C@]56C[C@H](F)CC5CN(C(C)=O)C6)nc4c3F)c12. The van der Waals surface area contributed by atoms with Gasteiger partial charge in [-0.05, 0) is 49.6 Å². The first-order valence-corrected chi connectivity index (χ1v) is 16.7. The van der Waals surface area contributed by atoms with Crippen LogP contribution in [-0.4, -0.2) is 88.1 Å². The second-order valence-electron chi connectivity index (χ2n) is 13.7. The molecule has 258 valence electrons. The molecule has 2 saturated heterocycles. The molecule has 3 aliphatic rings. The highest BCUT2D eigenvalue weighted by Crippen LogP contribution is 2.50. The molecule has 0 bridgehead atoms. The maximum absolute atomic E-state index is 16.9. The minimum absolute atomic E-state index is 0.00640. The molecule has 5 atom stereocenters. The fraction of sp³-hybridized carbons (Fsp3) is 0.395. The summed E-state index contributed by atoms with van der Waals surface area (Å²) in [6.07, 6.45) is 8.62. The molecule has 9 nitrogen and oxygen atoms in total. The summed E-state index contributed by atoms with van der Waals surface area (Å²) in [7, 11) is 1.81. The summed E-state index contributed by atoms with van der Waals surface area (Å²) in [5.74, 6) is 0.976. The Bertz CT molecular complexity index is 2100. The molecule has 2 aliphatic heterocycles. The van der Waals surface area contributed by atoms with Gasteiger partial charge in [0.1, 0.15) is 29.0 Å². The molecule has 4 aromatic rings. The van der Waals surface area contributed by atoms with E-state index < -0.39 is 23.2 Å². The number of amides is 2. The van der Waals surface area contributed by atoms with Gasteiger partial charge in [-0.3, -0.25) is 14.6 Å². The van der Waals surface area contributed by atoms with Crippen molar-refractivity contribution in [3.8, 4) is 29.6 Å². The molecule has 2 aromatic heterocycles. The number of hydrogen-bond donors (Lipinski definition) is 0. The van der Waals surface area contributed by atoms with Crippen LogP contribution in [0.5, 0.6) is 6.01 Å². The third kappa shape index (κ3) is 5.39. The molecular formula is C38H37F3N6O3. The number of anilines is 1. The Balaban J connectivity index is 1.35. The fourth-order valence-corrected chi connectivity index (χ4v) is 8.35. The van der Waals surface area contributed by atoms with Crippen molar-refractivity contribution in [2.24, 2.45) is 11.3 Å². The summed E-state index contributed by atoms with van der Waals surface area (Å²) in [5.41, 5.74) is -0.508. The molecule has 1 saturated carbocycles. The Kier molecular flexibility index (Phi) is 8.40. The van der Waals surface area contributed by atoms with Crippen molar-refractivity contribution in [2.75, 3.05) is 38.2 Å². The van der Waals surface area contributed by atoms with Crippen molar-refractivity contribution in [3.63, 3.8) is 0 Å². The van der Waals surface area contributed by atoms with Gasteiger partial charge in [-0.25, -0.2) is 13.2 Å². The van der Waals surface area contributed by atoms with Gasteiger partial charge in [-0.15, -0.1) is 6.42 Å². The minimum atomic E-state index is -1.02. The Morgan fingerprint density at radius 3 is 2.78 bits per heavy atom. The Hall–Kier alpha value is -5.18. The number of aromatic nitrogens is 3. The van der Waals surface area contributed by atoms with E-state index in [0.29, 0.717) is 60.0 Å². The molecule has 0 radical (unpaired) electrons. The topological polar surface area (TPSA) is 91.8 Å². The molecule has 2 aromatic carbocycles. The zero-order valence-corrected chi connectivity index (χ0v) is 28.1. The number of nitrogens with zero attached hydrogens (tertiary/aromatic N) is 6. The van der Waals surface area contributed by atoms with Crippen molar-refractivity contribution in [1.29, 1.82) is 0 Å². The standard InChI is InChI=1S/C38H37F3N6O3/c1-6-26-29(40)12-11-23-9-8-10-27(32(23)26)34-33(41)35-28(17-42-34)36(45(5)30-13-14-47(21(30)3)31(49)7-2)44-37(43-35)50-20-38-16-25(39)15-24(38)18-46(19-38)22(4)48/h1,7-12,17,21,24-25,30H,2,13-16,18-20H2,3-5H3/t21-,24?,25-,30-,38-/m1/s1. The molecule has 1 unspecified atom stereocenters. The van der Waals surface area contributed by atoms with E-state index in [1.54, 1.807) is 34.1 Å². The third-order valence-electron chi connectivity index (χ3n) is 11.0. The molecule has 2 amide bonds. The summed E-state index contributed by atoms with van der Waals surface area (Å²) in [4.78, 5) is 44.0. The number of rotatable bonds is 7. The van der Waals surface area contributed by atoms with Gasteiger partial charge in [0, 0.05) is 62.2 Å². The monoisotopic (exact) mass is 682 g/mol. The van der Waals surface area contributed by atoms with E-state index in [0.717, 1.165) is 0 Å². The predicted molar refractivity (Wildman–Crippen MR) is 184 cm³/mol. The maximum Gasteiger partial charge on any atom is 0.319 e. The lowest BCUT2D eigenvalue weighted by atomic mass is 9.81. The minimum Gasteiger partial charge on any atom is -0.463 e. The number of likely N-dealkylation sites (N-methyl/N-ethyl adjacent to an activating group) is 1. The number of carbonyl (C=O) groups excluding carboxylic acids is 2. The second kappa shape index (κ2) is 12.6. The van der Waals surface area contributed by atoms with E-state index >= 15 is 4.39 Å². The van der Waals surface area contributed by atoms with Gasteiger partial charge in [0.05, 0.1) is 23.6 Å². The highest BCUT2D eigenvalue weighted by molar-refractivity contribution is 6.02. The number of halogens is 3. The molecular weight excluding hydrogens is 645 g/mol. The van der Waals surface area contributed by atoms with Gasteiger partial charge in [-0.2, -0.15) is 9.97 Å². The van der Waals surface area contributed by atoms with Crippen LogP contribution in [0.25, 0.3) is 32.9 Å². The van der Waals surface area contributed by atoms with E-state index in [1.807, 2.05) is 18.9 Å². The van der Waals surface area contributed by atoms with Crippen molar-refractivity contribution in [3.05, 3.63) is 66.4 Å². The van der Waals surface area contributed by atoms with E-state index in [2.05, 4.69) is 22.5 Å². The fourth-order valence-electron chi connectivity index (χ4n) is 8.35. The van der Waals surface area contributed by atoms with Crippen LogP contribution in [0.2, 0.25) is 0 Å². The molecule has 1 aliphatic carbocycles. The summed E-state index contributed by atoms with van der Waals surface area (Å²) < 4.78 is 52.8. The van der Waals surface area contributed by atoms with E-state index in [1.165, 1.54) is 25.3 Å². The average Bonchev–Trinajstić information content (AvgIpc) is 3.76. The predicted octanol–water partition coefficient (Wildman–Crippen LogP) is 5.69. The first kappa shape index (κ1) is 33.3. The number of hydrogen-bond acceptors (Lipinski definition) is 7. The largest absolute Gasteiger partial charge is 0.463 e. The lowest BCUT2D eigenvalue weighted by Crippen LogP contribution is -2.43. The number of likely N-dealkylation sites (tertiary alicyclic amines) is 2. The molecule has 12 heteroatoms. The first-order chi connectivity index (χ1) is 24.0. The van der Waals surface area contributed by atoms with Crippen molar-refractivity contribution in [2.45, 2.75) is 51.4 Å². The quantitative estimate of drug-likeness (QED) is 0.183. The Morgan fingerprint density at radius 1 is 1.24 bits per heavy atom. The van der Waals surface area contributed by atoms with Gasteiger partial charge in [0.15, 0.2) is 5.82 Å². The Labute approximate surface area is 288 Å². The van der Waals surface area contributed by atoms with Gasteiger partial charge >= 0.3 is 6.01 Å². The van der Waals surface area contributed by atoms with Crippen LogP contribution < -0.4 is 9.64 Å². The average molecular weight is 683 g/mol. The second-order valence-corrected chi connectivity index (χ2v) is 13.7. The normalized spacial score (nSPS) is 24.4. The zero-order valence-electron chi connectivity index (χ0n) is 28.1. The van der Waals surface area contributed by atoms with Gasteiger partial charge in [-0.1, -0.05) is 36.8 Å².